The van der Waals surface area contributed by atoms with Crippen LogP contribution < -0.4 is 10.6 Å². The molecule has 0 fully saturated rings. The average Bonchev–Trinajstić information content (AvgIpc) is 4.11. The molecule has 2 N–H and O–H groups in total. The van der Waals surface area contributed by atoms with Gasteiger partial charge in [0.15, 0.2) is 10.2 Å². The Hall–Kier alpha value is -6.90. The topological polar surface area (TPSA) is 117 Å². The summed E-state index contributed by atoms with van der Waals surface area (Å²) in [6, 6.07) is 48.9. The van der Waals surface area contributed by atoms with Crippen LogP contribution >= 0.6 is 24.4 Å². The summed E-state index contributed by atoms with van der Waals surface area (Å²) < 4.78 is 3.68. The summed E-state index contributed by atoms with van der Waals surface area (Å²) in [4.78, 5) is 0. The third kappa shape index (κ3) is 7.94. The fourth-order valence-corrected chi connectivity index (χ4v) is 8.16. The van der Waals surface area contributed by atoms with Crippen molar-refractivity contribution in [1.29, 1.82) is 0 Å². The maximum atomic E-state index is 5.91. The van der Waals surface area contributed by atoms with Crippen LogP contribution in [0.2, 0.25) is 0 Å². The van der Waals surface area contributed by atoms with Crippen molar-refractivity contribution in [3.63, 3.8) is 0 Å². The summed E-state index contributed by atoms with van der Waals surface area (Å²) in [7, 11) is 0. The third-order valence-electron chi connectivity index (χ3n) is 10.9. The van der Waals surface area contributed by atoms with Gasteiger partial charge in [-0.3, -0.25) is 0 Å². The quantitative estimate of drug-likeness (QED) is 0.132. The van der Waals surface area contributed by atoms with E-state index in [9.17, 15) is 0 Å². The minimum absolute atomic E-state index is 0.0768. The van der Waals surface area contributed by atoms with Crippen LogP contribution in [-0.2, 0) is 13.1 Å². The van der Waals surface area contributed by atoms with Gasteiger partial charge in [-0.2, -0.15) is 10.2 Å². The minimum atomic E-state index is -0.0768. The first-order valence-electron chi connectivity index (χ1n) is 19.8. The lowest BCUT2D eigenvalue weighted by molar-refractivity contribution is 0.364. The Labute approximate surface area is 359 Å². The SMILES string of the molecule is Cc1c(C2=NN(C(=S)NCc3ccccc3)C(c3ccccc3)C2)nnn1-c1ccc(-n2nnc(C3=NN(C(=S)NCc4ccccc4)C(c4ccccc4)C3)c2C)cc1. The number of hydrogen-bond acceptors (Lipinski definition) is 8. The van der Waals surface area contributed by atoms with Crippen LogP contribution in [0, 0.1) is 13.8 Å². The molecule has 60 heavy (non-hydrogen) atoms. The maximum Gasteiger partial charge on any atom is 0.190 e. The van der Waals surface area contributed by atoms with E-state index in [1.54, 1.807) is 0 Å². The number of hydrazone groups is 2. The molecule has 9 rings (SSSR count). The van der Waals surface area contributed by atoms with Gasteiger partial charge in [0.1, 0.15) is 11.4 Å². The predicted molar refractivity (Wildman–Crippen MR) is 242 cm³/mol. The van der Waals surface area contributed by atoms with Gasteiger partial charge in [-0.15, -0.1) is 10.2 Å². The highest BCUT2D eigenvalue weighted by molar-refractivity contribution is 7.80. The van der Waals surface area contributed by atoms with Gasteiger partial charge in [0.2, 0.25) is 0 Å². The van der Waals surface area contributed by atoms with Crippen LogP contribution in [0.25, 0.3) is 11.4 Å². The van der Waals surface area contributed by atoms with E-state index in [4.69, 9.17) is 34.6 Å². The van der Waals surface area contributed by atoms with Gasteiger partial charge in [-0.05, 0) is 84.8 Å². The van der Waals surface area contributed by atoms with Gasteiger partial charge in [-0.25, -0.2) is 19.4 Å². The summed E-state index contributed by atoms with van der Waals surface area (Å²) in [6.07, 6.45) is 1.27. The highest BCUT2D eigenvalue weighted by Gasteiger charge is 2.35. The zero-order chi connectivity index (χ0) is 41.0. The number of hydrogen-bond donors (Lipinski definition) is 2. The van der Waals surface area contributed by atoms with Crippen LogP contribution in [0.4, 0.5) is 0 Å². The molecule has 0 spiro atoms. The molecule has 0 aliphatic carbocycles. The summed E-state index contributed by atoms with van der Waals surface area (Å²) in [5.41, 5.74) is 11.1. The molecule has 2 aromatic heterocycles. The molecule has 298 valence electrons. The van der Waals surface area contributed by atoms with Gasteiger partial charge in [0.05, 0.1) is 46.3 Å². The van der Waals surface area contributed by atoms with Gasteiger partial charge in [0.25, 0.3) is 0 Å². The molecule has 14 heteroatoms. The van der Waals surface area contributed by atoms with E-state index < -0.39 is 0 Å². The molecule has 2 unspecified atom stereocenters. The van der Waals surface area contributed by atoms with Crippen LogP contribution in [0.15, 0.2) is 156 Å². The Morgan fingerprint density at radius 3 is 1.23 bits per heavy atom. The van der Waals surface area contributed by atoms with Crippen LogP contribution in [0.5, 0.6) is 0 Å². The summed E-state index contributed by atoms with van der Waals surface area (Å²) in [6.45, 7) is 5.24. The number of nitrogens with one attached hydrogen (secondary N) is 2. The van der Waals surface area contributed by atoms with Crippen molar-refractivity contribution < 1.29 is 0 Å². The Kier molecular flexibility index (Phi) is 11.0. The van der Waals surface area contributed by atoms with Crippen molar-refractivity contribution in [2.75, 3.05) is 0 Å². The Morgan fingerprint density at radius 1 is 0.517 bits per heavy atom. The van der Waals surface area contributed by atoms with Gasteiger partial charge in [-0.1, -0.05) is 132 Å². The highest BCUT2D eigenvalue weighted by Crippen LogP contribution is 2.35. The second kappa shape index (κ2) is 17.1. The first kappa shape index (κ1) is 38.6. The largest absolute Gasteiger partial charge is 0.357 e. The number of thiocarbonyl (C=S) groups is 2. The van der Waals surface area contributed by atoms with Crippen LogP contribution in [0.1, 0.15) is 70.0 Å². The molecule has 0 amide bonds. The van der Waals surface area contributed by atoms with Crippen molar-refractivity contribution in [3.8, 4) is 11.4 Å². The van der Waals surface area contributed by atoms with Gasteiger partial charge >= 0.3 is 0 Å². The van der Waals surface area contributed by atoms with Crippen molar-refractivity contribution in [1.82, 2.24) is 50.6 Å². The molecular weight excluding hydrogens is 785 g/mol. The van der Waals surface area contributed by atoms with E-state index in [1.807, 2.05) is 130 Å². The predicted octanol–water partition coefficient (Wildman–Crippen LogP) is 7.92. The molecule has 4 heterocycles. The van der Waals surface area contributed by atoms with E-state index >= 15 is 0 Å². The lowest BCUT2D eigenvalue weighted by atomic mass is 10.0. The standard InChI is InChI=1S/C46H42N12S2/c1-31-43(39-27-41(35-19-11-5-12-20-35)57(51-39)45(59)47-29-33-15-7-3-8-16-33)49-53-55(31)37-23-25-38(26-24-37)56-32(2)44(50-54-56)40-28-42(36-21-13-6-14-22-36)58(52-40)46(60)48-30-34-17-9-4-10-18-34/h3-26,41-42H,27-30H2,1-2H3,(H,47,59)(H,48,60). The van der Waals surface area contributed by atoms with Gasteiger partial charge in [0, 0.05) is 25.9 Å². The molecule has 0 bridgehead atoms. The van der Waals surface area contributed by atoms with E-state index in [1.165, 1.54) is 0 Å². The number of nitrogens with zero attached hydrogens (tertiary/aromatic N) is 10. The molecule has 0 saturated carbocycles. The molecule has 12 nitrogen and oxygen atoms in total. The van der Waals surface area contributed by atoms with Crippen LogP contribution in [0.3, 0.4) is 0 Å². The zero-order valence-corrected chi connectivity index (χ0v) is 34.8. The maximum absolute atomic E-state index is 5.91. The number of aromatic nitrogens is 6. The van der Waals surface area contributed by atoms with E-state index in [-0.39, 0.29) is 12.1 Å². The summed E-state index contributed by atoms with van der Waals surface area (Å²) in [5.74, 6) is 0. The molecule has 7 aromatic rings. The molecule has 5 aromatic carbocycles. The molecule has 2 aliphatic rings. The Morgan fingerprint density at radius 2 is 0.867 bits per heavy atom. The molecule has 2 atom stereocenters. The van der Waals surface area contributed by atoms with Crippen LogP contribution in [-0.4, -0.2) is 61.7 Å². The molecular formula is C46H42N12S2. The fourth-order valence-electron chi connectivity index (χ4n) is 7.68. The molecule has 0 saturated heterocycles. The number of rotatable bonds is 10. The Balaban J connectivity index is 0.930. The lowest BCUT2D eigenvalue weighted by Gasteiger charge is -2.24. The molecule has 0 radical (unpaired) electrons. The van der Waals surface area contributed by atoms with E-state index in [2.05, 4.69) is 79.8 Å². The monoisotopic (exact) mass is 826 g/mol. The summed E-state index contributed by atoms with van der Waals surface area (Å²) >= 11 is 11.8. The van der Waals surface area contributed by atoms with Crippen molar-refractivity contribution in [3.05, 3.63) is 191 Å². The second-order valence-electron chi connectivity index (χ2n) is 14.7. The third-order valence-corrected chi connectivity index (χ3v) is 11.5. The fraction of sp³-hybridized carbons (Fsp3) is 0.174. The molecule has 2 aliphatic heterocycles. The lowest BCUT2D eigenvalue weighted by Crippen LogP contribution is -2.36. The van der Waals surface area contributed by atoms with Gasteiger partial charge < -0.3 is 10.6 Å². The first-order chi connectivity index (χ1) is 29.4. The zero-order valence-electron chi connectivity index (χ0n) is 33.1. The van der Waals surface area contributed by atoms with Crippen molar-refractivity contribution >= 4 is 46.1 Å². The summed E-state index contributed by atoms with van der Waals surface area (Å²) in [5, 5.41) is 40.3. The smallest absolute Gasteiger partial charge is 0.190 e. The Bertz CT molecular complexity index is 2490. The normalized spacial score (nSPS) is 16.1. The van der Waals surface area contributed by atoms with E-state index in [0.29, 0.717) is 36.2 Å². The highest BCUT2D eigenvalue weighted by atomic mass is 32.1. The average molecular weight is 827 g/mol. The number of benzene rings is 5. The minimum Gasteiger partial charge on any atom is -0.357 e. The van der Waals surface area contributed by atoms with E-state index in [0.717, 1.165) is 67.8 Å². The van der Waals surface area contributed by atoms with Crippen molar-refractivity contribution in [2.45, 2.75) is 51.9 Å². The first-order valence-corrected chi connectivity index (χ1v) is 20.7. The second-order valence-corrected chi connectivity index (χ2v) is 15.5. The van der Waals surface area contributed by atoms with Crippen molar-refractivity contribution in [2.24, 2.45) is 10.2 Å².